The second-order valence-electron chi connectivity index (χ2n) is 8.90. The molecule has 3 aromatic carbocycles. The first-order chi connectivity index (χ1) is 18.1. The van der Waals surface area contributed by atoms with E-state index >= 15 is 0 Å². The molecule has 1 N–H and O–H groups in total. The minimum atomic E-state index is -4.27. The summed E-state index contributed by atoms with van der Waals surface area (Å²) in [4.78, 5) is 25.3. The van der Waals surface area contributed by atoms with Crippen LogP contribution in [0.15, 0.2) is 58.2 Å². The minimum Gasteiger partial charge on any atom is -0.493 e. The average Bonchev–Trinajstić information content (AvgIpc) is 3.12. The minimum absolute atomic E-state index is 0.0736. The molecule has 0 aliphatic heterocycles. The fraction of sp³-hybridized carbons (Fsp3) is 0.286. The number of nitrogens with one attached hydrogen (secondary N) is 1. The van der Waals surface area contributed by atoms with E-state index < -0.39 is 21.6 Å². The van der Waals surface area contributed by atoms with E-state index in [0.717, 1.165) is 11.1 Å². The summed E-state index contributed by atoms with van der Waals surface area (Å²) in [6.07, 6.45) is 1.01. The average molecular weight is 540 g/mol. The van der Waals surface area contributed by atoms with Gasteiger partial charge in [-0.3, -0.25) is 9.59 Å². The van der Waals surface area contributed by atoms with Gasteiger partial charge in [0.2, 0.25) is 17.1 Å². The Balaban J connectivity index is 1.96. The quantitative estimate of drug-likeness (QED) is 0.449. The molecule has 0 saturated carbocycles. The van der Waals surface area contributed by atoms with Crippen molar-refractivity contribution in [3.05, 3.63) is 75.4 Å². The number of hydrogen-bond acceptors (Lipinski definition) is 8. The van der Waals surface area contributed by atoms with E-state index in [1.54, 1.807) is 18.2 Å². The topological polar surface area (TPSA) is 117 Å². The Bertz CT molecular complexity index is 1550. The lowest BCUT2D eigenvalue weighted by molar-refractivity contribution is -0.119. The molecule has 10 heteroatoms. The second kappa shape index (κ2) is 10.7. The van der Waals surface area contributed by atoms with E-state index in [4.69, 9.17) is 18.4 Å². The van der Waals surface area contributed by atoms with Crippen molar-refractivity contribution in [2.45, 2.75) is 37.6 Å². The van der Waals surface area contributed by atoms with Gasteiger partial charge >= 0.3 is 10.1 Å². The number of carbonyl (C=O) groups is 1. The molecule has 0 saturated heterocycles. The van der Waals surface area contributed by atoms with E-state index in [1.165, 1.54) is 52.5 Å². The van der Waals surface area contributed by atoms with Crippen LogP contribution < -0.4 is 29.1 Å². The molecule has 200 valence electrons. The van der Waals surface area contributed by atoms with Gasteiger partial charge in [-0.15, -0.1) is 0 Å². The maximum atomic E-state index is 13.3. The normalized spacial score (nSPS) is 14.4. The number of rotatable bonds is 7. The number of benzene rings is 2. The van der Waals surface area contributed by atoms with Crippen LogP contribution in [0.25, 0.3) is 11.1 Å². The Hall–Kier alpha value is -4.05. The van der Waals surface area contributed by atoms with Gasteiger partial charge in [-0.25, -0.2) is 0 Å². The van der Waals surface area contributed by atoms with Crippen LogP contribution in [0, 0.1) is 6.92 Å². The summed E-state index contributed by atoms with van der Waals surface area (Å²) in [5.41, 5.74) is 2.79. The molecule has 0 radical (unpaired) electrons. The molecule has 1 aliphatic rings. The van der Waals surface area contributed by atoms with Crippen molar-refractivity contribution in [1.29, 1.82) is 0 Å². The number of fused-ring (bicyclic) bond motifs is 3. The van der Waals surface area contributed by atoms with Crippen LogP contribution >= 0.6 is 0 Å². The molecule has 1 aliphatic carbocycles. The number of aryl methyl sites for hydroxylation is 2. The first kappa shape index (κ1) is 27.0. The Morgan fingerprint density at radius 3 is 2.21 bits per heavy atom. The molecule has 0 fully saturated rings. The zero-order valence-electron chi connectivity index (χ0n) is 21.8. The lowest BCUT2D eigenvalue weighted by Gasteiger charge is -2.19. The van der Waals surface area contributed by atoms with Crippen molar-refractivity contribution in [2.24, 2.45) is 0 Å². The standard InChI is InChI=1S/C28H29NO8S/c1-16-6-9-19(10-7-16)38(32,33)37-24-13-11-20-21(15-23(24)31)22(29-17(2)30)12-8-18-14-25(34-3)27(35-4)28(36-5)26(18)20/h6-7,9-11,13-15,22H,8,12H2,1-5H3,(H,29,30)/t22-/m0/s1. The molecular weight excluding hydrogens is 510 g/mol. The monoisotopic (exact) mass is 539 g/mol. The summed E-state index contributed by atoms with van der Waals surface area (Å²) in [7, 11) is 0.245. The van der Waals surface area contributed by atoms with Crippen LogP contribution in [0.3, 0.4) is 0 Å². The number of amides is 1. The summed E-state index contributed by atoms with van der Waals surface area (Å²) in [5, 5.41) is 2.91. The van der Waals surface area contributed by atoms with Gasteiger partial charge in [-0.1, -0.05) is 17.7 Å². The highest BCUT2D eigenvalue weighted by atomic mass is 32.2. The molecule has 0 heterocycles. The van der Waals surface area contributed by atoms with Gasteiger partial charge in [-0.2, -0.15) is 8.42 Å². The Morgan fingerprint density at radius 1 is 0.921 bits per heavy atom. The molecule has 3 aromatic rings. The van der Waals surface area contributed by atoms with Gasteiger partial charge in [-0.05, 0) is 72.9 Å². The summed E-state index contributed by atoms with van der Waals surface area (Å²) < 4.78 is 48.0. The predicted molar refractivity (Wildman–Crippen MR) is 142 cm³/mol. The molecule has 0 unspecified atom stereocenters. The highest BCUT2D eigenvalue weighted by Gasteiger charge is 2.30. The summed E-state index contributed by atoms with van der Waals surface area (Å²) >= 11 is 0. The number of hydrogen-bond donors (Lipinski definition) is 1. The molecular formula is C28H29NO8S. The SMILES string of the molecule is COc1cc2c(c(OC)c1OC)-c1ccc(OS(=O)(=O)c3ccc(C)cc3)c(=O)cc1[C@@H](NC(C)=O)CC2. The predicted octanol–water partition coefficient (Wildman–Crippen LogP) is 3.94. The lowest BCUT2D eigenvalue weighted by atomic mass is 9.95. The van der Waals surface area contributed by atoms with Crippen molar-refractivity contribution < 1.29 is 31.6 Å². The van der Waals surface area contributed by atoms with Crippen molar-refractivity contribution in [3.63, 3.8) is 0 Å². The van der Waals surface area contributed by atoms with Gasteiger partial charge in [0.1, 0.15) is 4.90 Å². The van der Waals surface area contributed by atoms with Crippen LogP contribution in [0.1, 0.15) is 36.1 Å². The van der Waals surface area contributed by atoms with Crippen LogP contribution in [0.5, 0.6) is 23.0 Å². The zero-order valence-corrected chi connectivity index (χ0v) is 22.6. The number of ether oxygens (including phenoxy) is 3. The Morgan fingerprint density at radius 2 is 1.61 bits per heavy atom. The van der Waals surface area contributed by atoms with E-state index in [0.29, 0.717) is 46.8 Å². The molecule has 9 nitrogen and oxygen atoms in total. The summed E-state index contributed by atoms with van der Waals surface area (Å²) in [5.74, 6) is 0.582. The van der Waals surface area contributed by atoms with Crippen molar-refractivity contribution >= 4 is 16.0 Å². The van der Waals surface area contributed by atoms with Crippen molar-refractivity contribution in [1.82, 2.24) is 5.32 Å². The second-order valence-corrected chi connectivity index (χ2v) is 10.4. The molecule has 0 spiro atoms. The fourth-order valence-electron chi connectivity index (χ4n) is 4.63. The molecule has 38 heavy (non-hydrogen) atoms. The van der Waals surface area contributed by atoms with Gasteiger partial charge in [0, 0.05) is 12.5 Å². The summed E-state index contributed by atoms with van der Waals surface area (Å²) in [6, 6.07) is 11.7. The van der Waals surface area contributed by atoms with Crippen LogP contribution in [-0.4, -0.2) is 35.7 Å². The number of methoxy groups -OCH3 is 3. The third-order valence-corrected chi connectivity index (χ3v) is 7.64. The van der Waals surface area contributed by atoms with Gasteiger partial charge in [0.25, 0.3) is 0 Å². The molecule has 0 bridgehead atoms. The first-order valence-corrected chi connectivity index (χ1v) is 13.3. The van der Waals surface area contributed by atoms with Gasteiger partial charge in [0.05, 0.1) is 27.4 Å². The van der Waals surface area contributed by atoms with Gasteiger partial charge in [0.15, 0.2) is 17.2 Å². The van der Waals surface area contributed by atoms with Crippen LogP contribution in [0.2, 0.25) is 0 Å². The third-order valence-electron chi connectivity index (χ3n) is 6.39. The summed E-state index contributed by atoms with van der Waals surface area (Å²) in [6.45, 7) is 3.23. The fourth-order valence-corrected chi connectivity index (χ4v) is 5.57. The van der Waals surface area contributed by atoms with Gasteiger partial charge < -0.3 is 23.7 Å². The maximum Gasteiger partial charge on any atom is 0.339 e. The van der Waals surface area contributed by atoms with E-state index in [9.17, 15) is 18.0 Å². The molecule has 0 aromatic heterocycles. The number of carbonyl (C=O) groups excluding carboxylic acids is 1. The molecule has 4 rings (SSSR count). The molecule has 1 amide bonds. The lowest BCUT2D eigenvalue weighted by Crippen LogP contribution is -2.26. The van der Waals surface area contributed by atoms with E-state index in [2.05, 4.69) is 5.32 Å². The first-order valence-electron chi connectivity index (χ1n) is 11.9. The third kappa shape index (κ3) is 5.17. The highest BCUT2D eigenvalue weighted by molar-refractivity contribution is 7.87. The highest BCUT2D eigenvalue weighted by Crippen LogP contribution is 2.50. The van der Waals surface area contributed by atoms with Crippen molar-refractivity contribution in [3.8, 4) is 34.1 Å². The van der Waals surface area contributed by atoms with Crippen molar-refractivity contribution in [2.75, 3.05) is 21.3 Å². The Labute approximate surface area is 221 Å². The van der Waals surface area contributed by atoms with Crippen LogP contribution in [-0.2, 0) is 21.3 Å². The Kier molecular flexibility index (Phi) is 7.63. The van der Waals surface area contributed by atoms with E-state index in [-0.39, 0.29) is 16.6 Å². The van der Waals surface area contributed by atoms with E-state index in [1.807, 2.05) is 13.0 Å². The largest absolute Gasteiger partial charge is 0.493 e. The smallest absolute Gasteiger partial charge is 0.339 e. The maximum absolute atomic E-state index is 13.3. The molecule has 1 atom stereocenters. The van der Waals surface area contributed by atoms with Crippen LogP contribution in [0.4, 0.5) is 0 Å². The zero-order chi connectivity index (χ0) is 27.6.